The number of benzene rings is 1. The smallest absolute Gasteiger partial charge is 0.251 e. The summed E-state index contributed by atoms with van der Waals surface area (Å²) in [5.41, 5.74) is 1.44. The quantitative estimate of drug-likeness (QED) is 0.841. The lowest BCUT2D eigenvalue weighted by atomic mass is 10.1. The van der Waals surface area contributed by atoms with Gasteiger partial charge in [0.15, 0.2) is 11.5 Å². The zero-order valence-electron chi connectivity index (χ0n) is 13.6. The van der Waals surface area contributed by atoms with Crippen molar-refractivity contribution >= 4 is 17.2 Å². The van der Waals surface area contributed by atoms with Crippen molar-refractivity contribution in [2.45, 2.75) is 13.3 Å². The predicted octanol–water partition coefficient (Wildman–Crippen LogP) is 2.45. The van der Waals surface area contributed by atoms with Crippen molar-refractivity contribution in [1.82, 2.24) is 10.3 Å². The van der Waals surface area contributed by atoms with Gasteiger partial charge in [-0.05, 0) is 19.1 Å². The SMILES string of the molecule is COc1cc(C(=O)NCCc2csc(C)n2)cc(OC)c1OC. The summed E-state index contributed by atoms with van der Waals surface area (Å²) < 4.78 is 15.8. The second-order valence-corrected chi connectivity index (χ2v) is 5.84. The number of amides is 1. The molecule has 1 amide bonds. The van der Waals surface area contributed by atoms with Gasteiger partial charge in [-0.1, -0.05) is 0 Å². The van der Waals surface area contributed by atoms with Gasteiger partial charge in [0.05, 0.1) is 32.0 Å². The number of hydrogen-bond acceptors (Lipinski definition) is 6. The molecule has 1 heterocycles. The van der Waals surface area contributed by atoms with E-state index in [1.165, 1.54) is 21.3 Å². The van der Waals surface area contributed by atoms with Crippen LogP contribution in [0.3, 0.4) is 0 Å². The highest BCUT2D eigenvalue weighted by Crippen LogP contribution is 2.38. The van der Waals surface area contributed by atoms with E-state index in [-0.39, 0.29) is 5.91 Å². The highest BCUT2D eigenvalue weighted by atomic mass is 32.1. The summed E-state index contributed by atoms with van der Waals surface area (Å²) in [6.45, 7) is 2.47. The van der Waals surface area contributed by atoms with E-state index in [2.05, 4.69) is 10.3 Å². The van der Waals surface area contributed by atoms with Crippen LogP contribution in [-0.4, -0.2) is 38.8 Å². The van der Waals surface area contributed by atoms with Gasteiger partial charge >= 0.3 is 0 Å². The van der Waals surface area contributed by atoms with Crippen molar-refractivity contribution in [2.24, 2.45) is 0 Å². The Morgan fingerprint density at radius 2 is 1.83 bits per heavy atom. The lowest BCUT2D eigenvalue weighted by Gasteiger charge is -2.14. The highest BCUT2D eigenvalue weighted by molar-refractivity contribution is 7.09. The van der Waals surface area contributed by atoms with E-state index in [0.717, 1.165) is 10.7 Å². The van der Waals surface area contributed by atoms with Crippen LogP contribution < -0.4 is 19.5 Å². The Balaban J connectivity index is 2.06. The van der Waals surface area contributed by atoms with Crippen LogP contribution in [0.5, 0.6) is 17.2 Å². The maximum atomic E-state index is 12.3. The number of methoxy groups -OCH3 is 3. The minimum atomic E-state index is -0.198. The van der Waals surface area contributed by atoms with Crippen LogP contribution in [-0.2, 0) is 6.42 Å². The molecule has 0 bridgehead atoms. The van der Waals surface area contributed by atoms with Gasteiger partial charge in [0.25, 0.3) is 5.91 Å². The van der Waals surface area contributed by atoms with E-state index in [1.807, 2.05) is 12.3 Å². The summed E-state index contributed by atoms with van der Waals surface area (Å²) in [6, 6.07) is 3.26. The van der Waals surface area contributed by atoms with Gasteiger partial charge < -0.3 is 19.5 Å². The van der Waals surface area contributed by atoms with Crippen LogP contribution in [0, 0.1) is 6.92 Å². The molecule has 6 nitrogen and oxygen atoms in total. The standard InChI is InChI=1S/C16H20N2O4S/c1-10-18-12(9-23-10)5-6-17-16(19)11-7-13(20-2)15(22-4)14(8-11)21-3/h7-9H,5-6H2,1-4H3,(H,17,19). The number of nitrogens with zero attached hydrogens (tertiary/aromatic N) is 1. The van der Waals surface area contributed by atoms with E-state index in [0.29, 0.717) is 35.8 Å². The number of aryl methyl sites for hydroxylation is 1. The zero-order valence-corrected chi connectivity index (χ0v) is 14.5. The molecule has 2 rings (SSSR count). The van der Waals surface area contributed by atoms with Gasteiger partial charge in [-0.3, -0.25) is 4.79 Å². The summed E-state index contributed by atoms with van der Waals surface area (Å²) in [7, 11) is 4.56. The number of thiazole rings is 1. The minimum absolute atomic E-state index is 0.198. The Labute approximate surface area is 139 Å². The molecule has 1 aromatic heterocycles. The van der Waals surface area contributed by atoms with Gasteiger partial charge in [-0.25, -0.2) is 4.98 Å². The molecule has 0 aliphatic rings. The molecule has 0 fully saturated rings. The number of rotatable bonds is 7. The lowest BCUT2D eigenvalue weighted by Crippen LogP contribution is -2.25. The number of carbonyl (C=O) groups is 1. The minimum Gasteiger partial charge on any atom is -0.493 e. The van der Waals surface area contributed by atoms with Crippen molar-refractivity contribution in [2.75, 3.05) is 27.9 Å². The first kappa shape index (κ1) is 17.1. The van der Waals surface area contributed by atoms with Crippen LogP contribution in [0.1, 0.15) is 21.1 Å². The maximum absolute atomic E-state index is 12.3. The molecule has 0 aliphatic carbocycles. The number of ether oxygens (including phenoxy) is 3. The van der Waals surface area contributed by atoms with Crippen molar-refractivity contribution in [1.29, 1.82) is 0 Å². The van der Waals surface area contributed by atoms with Crippen LogP contribution in [0.25, 0.3) is 0 Å². The average Bonchev–Trinajstić information content (AvgIpc) is 2.98. The monoisotopic (exact) mass is 336 g/mol. The summed E-state index contributed by atoms with van der Waals surface area (Å²) in [4.78, 5) is 16.7. The number of hydrogen-bond donors (Lipinski definition) is 1. The van der Waals surface area contributed by atoms with E-state index in [1.54, 1.807) is 23.5 Å². The maximum Gasteiger partial charge on any atom is 0.251 e. The summed E-state index contributed by atoms with van der Waals surface area (Å²) in [5.74, 6) is 1.17. The van der Waals surface area contributed by atoms with Crippen LogP contribution in [0.4, 0.5) is 0 Å². The first-order chi connectivity index (χ1) is 11.1. The second-order valence-electron chi connectivity index (χ2n) is 4.78. The molecule has 124 valence electrons. The fourth-order valence-corrected chi connectivity index (χ4v) is 2.79. The Kier molecular flexibility index (Phi) is 5.81. The normalized spacial score (nSPS) is 10.3. The third-order valence-corrected chi connectivity index (χ3v) is 4.08. The molecule has 0 atom stereocenters. The summed E-state index contributed by atoms with van der Waals surface area (Å²) in [6.07, 6.45) is 0.695. The average molecular weight is 336 g/mol. The topological polar surface area (TPSA) is 69.7 Å². The molecule has 0 saturated carbocycles. The second kappa shape index (κ2) is 7.82. The fourth-order valence-electron chi connectivity index (χ4n) is 2.14. The van der Waals surface area contributed by atoms with Gasteiger partial charge in [-0.15, -0.1) is 11.3 Å². The van der Waals surface area contributed by atoms with Gasteiger partial charge in [-0.2, -0.15) is 0 Å². The summed E-state index contributed by atoms with van der Waals surface area (Å²) in [5, 5.41) is 5.90. The molecule has 0 spiro atoms. The third kappa shape index (κ3) is 4.13. The lowest BCUT2D eigenvalue weighted by molar-refractivity contribution is 0.0953. The van der Waals surface area contributed by atoms with Gasteiger partial charge in [0.1, 0.15) is 0 Å². The van der Waals surface area contributed by atoms with Crippen molar-refractivity contribution in [3.63, 3.8) is 0 Å². The van der Waals surface area contributed by atoms with Crippen LogP contribution in [0.15, 0.2) is 17.5 Å². The Bertz CT molecular complexity index is 659. The molecular formula is C16H20N2O4S. The van der Waals surface area contributed by atoms with Gasteiger partial charge in [0, 0.05) is 23.9 Å². The summed E-state index contributed by atoms with van der Waals surface area (Å²) >= 11 is 1.60. The Morgan fingerprint density at radius 3 is 2.30 bits per heavy atom. The molecule has 1 N–H and O–H groups in total. The van der Waals surface area contributed by atoms with Crippen molar-refractivity contribution in [3.05, 3.63) is 33.8 Å². The molecule has 7 heteroatoms. The number of carbonyl (C=O) groups excluding carboxylic acids is 1. The first-order valence-electron chi connectivity index (χ1n) is 7.08. The predicted molar refractivity (Wildman–Crippen MR) is 89.0 cm³/mol. The van der Waals surface area contributed by atoms with Crippen LogP contribution >= 0.6 is 11.3 Å². The first-order valence-corrected chi connectivity index (χ1v) is 7.96. The largest absolute Gasteiger partial charge is 0.493 e. The Morgan fingerprint density at radius 1 is 1.17 bits per heavy atom. The molecule has 0 saturated heterocycles. The molecular weight excluding hydrogens is 316 g/mol. The van der Waals surface area contributed by atoms with E-state index >= 15 is 0 Å². The molecule has 0 radical (unpaired) electrons. The van der Waals surface area contributed by atoms with Crippen molar-refractivity contribution < 1.29 is 19.0 Å². The molecule has 2 aromatic rings. The third-order valence-electron chi connectivity index (χ3n) is 3.26. The van der Waals surface area contributed by atoms with E-state index in [4.69, 9.17) is 14.2 Å². The molecule has 0 aliphatic heterocycles. The highest BCUT2D eigenvalue weighted by Gasteiger charge is 2.16. The van der Waals surface area contributed by atoms with Crippen molar-refractivity contribution in [3.8, 4) is 17.2 Å². The van der Waals surface area contributed by atoms with Gasteiger partial charge in [0.2, 0.25) is 5.75 Å². The van der Waals surface area contributed by atoms with E-state index in [9.17, 15) is 4.79 Å². The zero-order chi connectivity index (χ0) is 16.8. The van der Waals surface area contributed by atoms with E-state index < -0.39 is 0 Å². The molecule has 0 unspecified atom stereocenters. The number of aromatic nitrogens is 1. The Hall–Kier alpha value is -2.28. The molecule has 1 aromatic carbocycles. The molecule has 23 heavy (non-hydrogen) atoms. The fraction of sp³-hybridized carbons (Fsp3) is 0.375. The van der Waals surface area contributed by atoms with Crippen LogP contribution in [0.2, 0.25) is 0 Å². The number of nitrogens with one attached hydrogen (secondary N) is 1.